The Morgan fingerprint density at radius 1 is 1.67 bits per heavy atom. The molecule has 80 valence electrons. The van der Waals surface area contributed by atoms with Crippen LogP contribution in [-0.2, 0) is 4.79 Å². The number of carbonyl (C=O) groups excluding carboxylic acids is 1. The number of pyridine rings is 1. The summed E-state index contributed by atoms with van der Waals surface area (Å²) in [7, 11) is 0. The molecular formula is C9H10ClN3O2. The number of hydrogen-bond acceptors (Lipinski definition) is 4. The van der Waals surface area contributed by atoms with Crippen molar-refractivity contribution >= 4 is 28.9 Å². The number of hydrogen-bond donors (Lipinski definition) is 2. The van der Waals surface area contributed by atoms with Crippen LogP contribution in [0.5, 0.6) is 0 Å². The quantitative estimate of drug-likeness (QED) is 0.682. The number of amides is 1. The van der Waals surface area contributed by atoms with Crippen molar-refractivity contribution in [2.75, 3.05) is 17.2 Å². The Morgan fingerprint density at radius 2 is 2.40 bits per heavy atom. The van der Waals surface area contributed by atoms with Gasteiger partial charge in [-0.25, -0.2) is 4.98 Å². The minimum atomic E-state index is -0.659. The molecule has 3 N–H and O–H groups in total. The summed E-state index contributed by atoms with van der Waals surface area (Å²) in [4.78, 5) is 16.7. The monoisotopic (exact) mass is 227 g/mol. The summed E-state index contributed by atoms with van der Waals surface area (Å²) in [5, 5.41) is 9.52. The number of nitrogens with two attached hydrogens (primary N) is 1. The lowest BCUT2D eigenvalue weighted by molar-refractivity contribution is -0.117. The fourth-order valence-corrected chi connectivity index (χ4v) is 1.88. The Labute approximate surface area is 91.5 Å². The van der Waals surface area contributed by atoms with E-state index in [1.807, 2.05) is 0 Å². The molecule has 1 amide bonds. The highest BCUT2D eigenvalue weighted by atomic mass is 35.5. The summed E-state index contributed by atoms with van der Waals surface area (Å²) in [6.45, 7) is 0.217. The van der Waals surface area contributed by atoms with E-state index in [0.29, 0.717) is 11.4 Å². The number of nitrogens with zero attached hydrogens (tertiary/aromatic N) is 2. The van der Waals surface area contributed by atoms with Crippen LogP contribution in [-0.4, -0.2) is 28.6 Å². The lowest BCUT2D eigenvalue weighted by Gasteiger charge is -2.18. The molecule has 1 unspecified atom stereocenters. The second-order valence-electron chi connectivity index (χ2n) is 3.40. The molecule has 1 fully saturated rings. The van der Waals surface area contributed by atoms with E-state index in [2.05, 4.69) is 4.98 Å². The van der Waals surface area contributed by atoms with Gasteiger partial charge in [0.25, 0.3) is 0 Å². The molecule has 2 rings (SSSR count). The maximum Gasteiger partial charge on any atom is 0.229 e. The highest BCUT2D eigenvalue weighted by molar-refractivity contribution is 6.33. The number of halogens is 1. The van der Waals surface area contributed by atoms with Crippen molar-refractivity contribution in [2.45, 2.75) is 12.5 Å². The number of aromatic nitrogens is 1. The third-order valence-electron chi connectivity index (χ3n) is 2.29. The number of aliphatic hydroxyl groups is 1. The minimum Gasteiger partial charge on any atom is -0.397 e. The van der Waals surface area contributed by atoms with Gasteiger partial charge in [-0.2, -0.15) is 0 Å². The summed E-state index contributed by atoms with van der Waals surface area (Å²) < 4.78 is 0. The molecule has 1 atom stereocenters. The van der Waals surface area contributed by atoms with E-state index in [1.165, 1.54) is 11.1 Å². The fourth-order valence-electron chi connectivity index (χ4n) is 1.61. The lowest BCUT2D eigenvalue weighted by Crippen LogP contribution is -2.26. The third kappa shape index (κ3) is 1.75. The molecule has 0 saturated carbocycles. The molecule has 2 heterocycles. The van der Waals surface area contributed by atoms with Crippen molar-refractivity contribution in [3.63, 3.8) is 0 Å². The number of β-amino-alcohol motifs (C(OH)–C–C–N with tert-alkyl or cyclic N) is 1. The van der Waals surface area contributed by atoms with E-state index in [4.69, 9.17) is 17.3 Å². The fraction of sp³-hybridized carbons (Fsp3) is 0.333. The van der Waals surface area contributed by atoms with Crippen molar-refractivity contribution in [2.24, 2.45) is 0 Å². The molecule has 6 heteroatoms. The predicted molar refractivity (Wildman–Crippen MR) is 56.6 cm³/mol. The van der Waals surface area contributed by atoms with E-state index in [-0.39, 0.29) is 24.0 Å². The van der Waals surface area contributed by atoms with Crippen LogP contribution in [0.25, 0.3) is 0 Å². The van der Waals surface area contributed by atoms with Gasteiger partial charge in [-0.1, -0.05) is 11.6 Å². The Kier molecular flexibility index (Phi) is 2.50. The van der Waals surface area contributed by atoms with Gasteiger partial charge in [0.1, 0.15) is 5.69 Å². The highest BCUT2D eigenvalue weighted by Crippen LogP contribution is 2.32. The zero-order chi connectivity index (χ0) is 11.0. The van der Waals surface area contributed by atoms with Crippen LogP contribution in [0.4, 0.5) is 11.4 Å². The topological polar surface area (TPSA) is 79.4 Å². The second-order valence-corrected chi connectivity index (χ2v) is 3.76. The molecule has 1 aliphatic heterocycles. The molecule has 0 radical (unpaired) electrons. The molecule has 5 nitrogen and oxygen atoms in total. The molecular weight excluding hydrogens is 218 g/mol. The molecule has 0 aliphatic carbocycles. The van der Waals surface area contributed by atoms with Crippen LogP contribution in [0, 0.1) is 0 Å². The maximum atomic E-state index is 11.5. The summed E-state index contributed by atoms with van der Waals surface area (Å²) in [5.41, 5.74) is 6.48. The summed E-state index contributed by atoms with van der Waals surface area (Å²) in [6, 6.07) is 1.57. The van der Waals surface area contributed by atoms with E-state index in [0.717, 1.165) is 0 Å². The zero-order valence-corrected chi connectivity index (χ0v) is 8.61. The average molecular weight is 228 g/mol. The minimum absolute atomic E-state index is 0.102. The molecule has 0 spiro atoms. The summed E-state index contributed by atoms with van der Waals surface area (Å²) in [6.07, 6.45) is 0.913. The van der Waals surface area contributed by atoms with Crippen LogP contribution >= 0.6 is 11.6 Å². The summed E-state index contributed by atoms with van der Waals surface area (Å²) >= 11 is 5.86. The van der Waals surface area contributed by atoms with Gasteiger partial charge in [0.15, 0.2) is 5.15 Å². The van der Waals surface area contributed by atoms with Crippen LogP contribution in [0.2, 0.25) is 5.15 Å². The Hall–Kier alpha value is -1.33. The maximum absolute atomic E-state index is 11.5. The van der Waals surface area contributed by atoms with Crippen LogP contribution < -0.4 is 10.6 Å². The number of rotatable bonds is 1. The van der Waals surface area contributed by atoms with Crippen molar-refractivity contribution in [3.8, 4) is 0 Å². The Morgan fingerprint density at radius 3 is 2.93 bits per heavy atom. The lowest BCUT2D eigenvalue weighted by atomic mass is 10.3. The van der Waals surface area contributed by atoms with Gasteiger partial charge in [-0.05, 0) is 6.07 Å². The van der Waals surface area contributed by atoms with Crippen molar-refractivity contribution in [1.82, 2.24) is 4.98 Å². The molecule has 1 aromatic rings. The number of nitrogen functional groups attached to an aromatic ring is 1. The predicted octanol–water partition coefficient (Wildman–Crippen LogP) is 0.415. The van der Waals surface area contributed by atoms with E-state index >= 15 is 0 Å². The van der Waals surface area contributed by atoms with Crippen LogP contribution in [0.1, 0.15) is 6.42 Å². The van der Waals surface area contributed by atoms with Gasteiger partial charge < -0.3 is 15.7 Å². The van der Waals surface area contributed by atoms with Crippen LogP contribution in [0.3, 0.4) is 0 Å². The Balaban J connectivity index is 2.41. The first kappa shape index (κ1) is 10.2. The molecule has 1 aromatic heterocycles. The van der Waals surface area contributed by atoms with Gasteiger partial charge in [0.05, 0.1) is 24.8 Å². The molecule has 1 aliphatic rings. The normalized spacial score (nSPS) is 21.1. The van der Waals surface area contributed by atoms with Gasteiger partial charge in [0, 0.05) is 6.20 Å². The zero-order valence-electron chi connectivity index (χ0n) is 7.85. The van der Waals surface area contributed by atoms with Crippen molar-refractivity contribution in [3.05, 3.63) is 17.4 Å². The molecule has 15 heavy (non-hydrogen) atoms. The van der Waals surface area contributed by atoms with Crippen LogP contribution in [0.15, 0.2) is 12.3 Å². The average Bonchev–Trinajstić information content (AvgIpc) is 2.45. The van der Waals surface area contributed by atoms with E-state index in [1.54, 1.807) is 6.07 Å². The number of anilines is 2. The summed E-state index contributed by atoms with van der Waals surface area (Å²) in [5.74, 6) is -0.191. The first-order valence-electron chi connectivity index (χ1n) is 4.48. The van der Waals surface area contributed by atoms with E-state index < -0.39 is 6.10 Å². The highest BCUT2D eigenvalue weighted by Gasteiger charge is 2.31. The van der Waals surface area contributed by atoms with Gasteiger partial charge in [0.2, 0.25) is 5.91 Å². The SMILES string of the molecule is Nc1ccnc(Cl)c1N1CC(O)CC1=O. The second kappa shape index (κ2) is 3.67. The Bertz CT molecular complexity index is 390. The number of carbonyl (C=O) groups is 1. The smallest absolute Gasteiger partial charge is 0.229 e. The van der Waals surface area contributed by atoms with Gasteiger partial charge in [-0.3, -0.25) is 4.79 Å². The van der Waals surface area contributed by atoms with Crippen molar-refractivity contribution in [1.29, 1.82) is 0 Å². The first-order valence-corrected chi connectivity index (χ1v) is 4.86. The number of aliphatic hydroxyl groups excluding tert-OH is 1. The van der Waals surface area contributed by atoms with E-state index in [9.17, 15) is 9.90 Å². The largest absolute Gasteiger partial charge is 0.397 e. The molecule has 0 aromatic carbocycles. The van der Waals surface area contributed by atoms with Gasteiger partial charge in [-0.15, -0.1) is 0 Å². The third-order valence-corrected chi connectivity index (χ3v) is 2.56. The van der Waals surface area contributed by atoms with Gasteiger partial charge >= 0.3 is 0 Å². The first-order chi connectivity index (χ1) is 7.09. The molecule has 0 bridgehead atoms. The van der Waals surface area contributed by atoms with Crippen molar-refractivity contribution < 1.29 is 9.90 Å². The molecule has 1 saturated heterocycles. The standard InChI is InChI=1S/C9H10ClN3O2/c10-9-8(6(11)1-2-12-9)13-4-5(14)3-7(13)15/h1-2,5,14H,3-4H2,(H2,11,12).